The maximum atomic E-state index is 10.9. The third-order valence-corrected chi connectivity index (χ3v) is 3.86. The molecule has 1 saturated heterocycles. The highest BCUT2D eigenvalue weighted by Crippen LogP contribution is 2.14. The molecule has 106 valence electrons. The van der Waals surface area contributed by atoms with Crippen molar-refractivity contribution < 1.29 is 9.90 Å². The van der Waals surface area contributed by atoms with Gasteiger partial charge in [-0.3, -0.25) is 4.79 Å². The molecule has 0 aromatic carbocycles. The highest BCUT2D eigenvalue weighted by atomic mass is 16.4. The first-order chi connectivity index (χ1) is 8.52. The van der Waals surface area contributed by atoms with Gasteiger partial charge in [0.15, 0.2) is 0 Å². The monoisotopic (exact) mass is 256 g/mol. The maximum Gasteiger partial charge on any atom is 0.323 e. The van der Waals surface area contributed by atoms with Crippen molar-refractivity contribution in [3.05, 3.63) is 0 Å². The molecule has 1 rings (SSSR count). The van der Waals surface area contributed by atoms with Crippen LogP contribution in [0.3, 0.4) is 0 Å². The van der Waals surface area contributed by atoms with E-state index in [0.717, 1.165) is 19.4 Å². The zero-order valence-electron chi connectivity index (χ0n) is 11.7. The summed E-state index contributed by atoms with van der Waals surface area (Å²) in [4.78, 5) is 13.4. The van der Waals surface area contributed by atoms with Gasteiger partial charge in [0.25, 0.3) is 0 Å². The molecule has 3 N–H and O–H groups in total. The number of aliphatic carboxylic acids is 1. The summed E-state index contributed by atoms with van der Waals surface area (Å²) >= 11 is 0. The van der Waals surface area contributed by atoms with E-state index in [-0.39, 0.29) is 0 Å². The van der Waals surface area contributed by atoms with Gasteiger partial charge in [0.05, 0.1) is 0 Å². The summed E-state index contributed by atoms with van der Waals surface area (Å²) in [7, 11) is 0. The first kappa shape index (κ1) is 15.4. The second-order valence-corrected chi connectivity index (χ2v) is 5.79. The fraction of sp³-hybridized carbons (Fsp3) is 0.929. The van der Waals surface area contributed by atoms with E-state index in [2.05, 4.69) is 4.90 Å². The minimum Gasteiger partial charge on any atom is -0.480 e. The number of unbranched alkanes of at least 4 members (excludes halogenated alkanes) is 1. The summed E-state index contributed by atoms with van der Waals surface area (Å²) in [6.07, 6.45) is 9.24. The number of hydrogen-bond donors (Lipinski definition) is 2. The Bertz CT molecular complexity index is 246. The lowest BCUT2D eigenvalue weighted by atomic mass is 9.96. The van der Waals surface area contributed by atoms with Crippen molar-refractivity contribution >= 4 is 5.97 Å². The number of nitrogens with two attached hydrogens (primary N) is 1. The molecule has 0 aromatic heterocycles. The second-order valence-electron chi connectivity index (χ2n) is 5.79. The zero-order chi connectivity index (χ0) is 13.4. The van der Waals surface area contributed by atoms with Crippen molar-refractivity contribution in [3.63, 3.8) is 0 Å². The molecule has 0 aliphatic carbocycles. The predicted octanol–water partition coefficient (Wildman–Crippen LogP) is 2.22. The number of hydrogen-bond acceptors (Lipinski definition) is 3. The van der Waals surface area contributed by atoms with Crippen molar-refractivity contribution in [2.45, 2.75) is 63.8 Å². The highest BCUT2D eigenvalue weighted by Gasteiger charge is 2.26. The molecule has 0 spiro atoms. The molecule has 18 heavy (non-hydrogen) atoms. The Morgan fingerprint density at radius 1 is 1.17 bits per heavy atom. The van der Waals surface area contributed by atoms with Crippen LogP contribution in [0.1, 0.15) is 58.3 Å². The fourth-order valence-electron chi connectivity index (χ4n) is 2.47. The van der Waals surface area contributed by atoms with Crippen molar-refractivity contribution in [1.82, 2.24) is 4.90 Å². The van der Waals surface area contributed by atoms with Gasteiger partial charge in [0.1, 0.15) is 5.54 Å². The fourth-order valence-corrected chi connectivity index (χ4v) is 2.47. The van der Waals surface area contributed by atoms with Crippen molar-refractivity contribution in [2.75, 3.05) is 19.6 Å². The highest BCUT2D eigenvalue weighted by molar-refractivity contribution is 5.77. The van der Waals surface area contributed by atoms with Gasteiger partial charge in [0, 0.05) is 0 Å². The number of nitrogens with zero attached hydrogens (tertiary/aromatic N) is 1. The van der Waals surface area contributed by atoms with Gasteiger partial charge >= 0.3 is 5.97 Å². The average Bonchev–Trinajstić information content (AvgIpc) is 2.26. The van der Waals surface area contributed by atoms with Crippen LogP contribution in [0.25, 0.3) is 0 Å². The first-order valence-corrected chi connectivity index (χ1v) is 7.27. The molecule has 1 heterocycles. The van der Waals surface area contributed by atoms with Gasteiger partial charge in [-0.25, -0.2) is 0 Å². The van der Waals surface area contributed by atoms with E-state index in [9.17, 15) is 4.79 Å². The summed E-state index contributed by atoms with van der Waals surface area (Å²) in [5.41, 5.74) is 4.65. The molecular weight excluding hydrogens is 228 g/mol. The molecule has 4 nitrogen and oxygen atoms in total. The Balaban J connectivity index is 2.14. The van der Waals surface area contributed by atoms with Crippen LogP contribution in [-0.4, -0.2) is 41.1 Å². The number of carboxylic acid groups (broad SMARTS) is 1. The Labute approximate surface area is 111 Å². The number of rotatable bonds is 6. The van der Waals surface area contributed by atoms with E-state index >= 15 is 0 Å². The van der Waals surface area contributed by atoms with E-state index in [0.29, 0.717) is 6.42 Å². The number of carbonyl (C=O) groups is 1. The van der Waals surface area contributed by atoms with Crippen LogP contribution in [0.5, 0.6) is 0 Å². The molecule has 0 radical (unpaired) electrons. The third-order valence-electron chi connectivity index (χ3n) is 3.86. The quantitative estimate of drug-likeness (QED) is 0.715. The predicted molar refractivity (Wildman–Crippen MR) is 73.6 cm³/mol. The summed E-state index contributed by atoms with van der Waals surface area (Å²) in [5.74, 6) is -0.895. The van der Waals surface area contributed by atoms with Gasteiger partial charge in [-0.1, -0.05) is 19.3 Å². The summed E-state index contributed by atoms with van der Waals surface area (Å²) < 4.78 is 0. The molecule has 4 heteroatoms. The Morgan fingerprint density at radius 3 is 2.28 bits per heavy atom. The molecule has 1 unspecified atom stereocenters. The lowest BCUT2D eigenvalue weighted by Crippen LogP contribution is -2.44. The molecule has 0 amide bonds. The van der Waals surface area contributed by atoms with E-state index in [4.69, 9.17) is 10.8 Å². The Kier molecular flexibility index (Phi) is 6.65. The van der Waals surface area contributed by atoms with Gasteiger partial charge in [-0.05, 0) is 58.7 Å². The smallest absolute Gasteiger partial charge is 0.323 e. The maximum absolute atomic E-state index is 10.9. The van der Waals surface area contributed by atoms with Crippen LogP contribution >= 0.6 is 0 Å². The van der Waals surface area contributed by atoms with Gasteiger partial charge < -0.3 is 15.7 Å². The minimum atomic E-state index is -1.06. The van der Waals surface area contributed by atoms with Crippen LogP contribution in [0.4, 0.5) is 0 Å². The largest absolute Gasteiger partial charge is 0.480 e. The molecule has 1 aliphatic rings. The van der Waals surface area contributed by atoms with Crippen molar-refractivity contribution in [1.29, 1.82) is 0 Å². The topological polar surface area (TPSA) is 66.6 Å². The standard InChI is InChI=1S/C14H28N2O2/c1-14(15,13(17)18)9-5-8-12-16-10-6-3-2-4-7-11-16/h2-12,15H2,1H3,(H,17,18). The van der Waals surface area contributed by atoms with Crippen LogP contribution in [0.2, 0.25) is 0 Å². The molecule has 0 bridgehead atoms. The van der Waals surface area contributed by atoms with E-state index in [1.165, 1.54) is 45.2 Å². The summed E-state index contributed by atoms with van der Waals surface area (Å²) in [5, 5.41) is 8.92. The summed E-state index contributed by atoms with van der Waals surface area (Å²) in [6, 6.07) is 0. The second kappa shape index (κ2) is 7.74. The van der Waals surface area contributed by atoms with E-state index in [1.54, 1.807) is 6.92 Å². The van der Waals surface area contributed by atoms with Crippen LogP contribution in [0, 0.1) is 0 Å². The minimum absolute atomic E-state index is 0.566. The lowest BCUT2D eigenvalue weighted by Gasteiger charge is -2.25. The van der Waals surface area contributed by atoms with Gasteiger partial charge in [0.2, 0.25) is 0 Å². The van der Waals surface area contributed by atoms with E-state index < -0.39 is 11.5 Å². The zero-order valence-corrected chi connectivity index (χ0v) is 11.7. The average molecular weight is 256 g/mol. The molecule has 0 aromatic rings. The van der Waals surface area contributed by atoms with E-state index in [1.807, 2.05) is 0 Å². The number of likely N-dealkylation sites (tertiary alicyclic amines) is 1. The van der Waals surface area contributed by atoms with Gasteiger partial charge in [-0.15, -0.1) is 0 Å². The Hall–Kier alpha value is -0.610. The lowest BCUT2D eigenvalue weighted by molar-refractivity contribution is -0.142. The third kappa shape index (κ3) is 5.83. The Morgan fingerprint density at radius 2 is 1.72 bits per heavy atom. The molecule has 1 aliphatic heterocycles. The molecule has 1 fully saturated rings. The normalized spacial score (nSPS) is 21.9. The van der Waals surface area contributed by atoms with Crippen LogP contribution in [-0.2, 0) is 4.79 Å². The SMILES string of the molecule is CC(N)(CCCCN1CCCCCCC1)C(=O)O. The first-order valence-electron chi connectivity index (χ1n) is 7.27. The molecule has 0 saturated carbocycles. The van der Waals surface area contributed by atoms with Crippen LogP contribution in [0.15, 0.2) is 0 Å². The van der Waals surface area contributed by atoms with Crippen molar-refractivity contribution in [3.8, 4) is 0 Å². The van der Waals surface area contributed by atoms with Crippen molar-refractivity contribution in [2.24, 2.45) is 5.73 Å². The molecular formula is C14H28N2O2. The summed E-state index contributed by atoms with van der Waals surface area (Å²) in [6.45, 7) is 5.11. The van der Waals surface area contributed by atoms with Crippen LogP contribution < -0.4 is 5.73 Å². The number of carboxylic acids is 1. The van der Waals surface area contributed by atoms with Gasteiger partial charge in [-0.2, -0.15) is 0 Å². The molecule has 1 atom stereocenters.